The first kappa shape index (κ1) is 19.4. The molecule has 146 valence electrons. The summed E-state index contributed by atoms with van der Waals surface area (Å²) in [4.78, 5) is 38.3. The van der Waals surface area contributed by atoms with Gasteiger partial charge < -0.3 is 10.1 Å². The number of carbonyl (C=O) groups is 3. The molecule has 0 fully saturated rings. The summed E-state index contributed by atoms with van der Waals surface area (Å²) in [7, 11) is 0. The van der Waals surface area contributed by atoms with Gasteiger partial charge in [0.2, 0.25) is 0 Å². The van der Waals surface area contributed by atoms with E-state index in [4.69, 9.17) is 0 Å². The number of hydrogen-bond acceptors (Lipinski definition) is 5. The zero-order valence-electron chi connectivity index (χ0n) is 14.6. The number of halogens is 3. The molecule has 6 nitrogen and oxygen atoms in total. The summed E-state index contributed by atoms with van der Waals surface area (Å²) in [6, 6.07) is 12.3. The third kappa shape index (κ3) is 2.88. The molecular weight excluding hydrogens is 377 g/mol. The monoisotopic (exact) mass is 392 g/mol. The van der Waals surface area contributed by atoms with Crippen LogP contribution in [0.3, 0.4) is 0 Å². The van der Waals surface area contributed by atoms with Crippen molar-refractivity contribution in [3.05, 3.63) is 65.7 Å². The highest BCUT2D eigenvalue weighted by Crippen LogP contribution is 2.43. The van der Waals surface area contributed by atoms with E-state index >= 15 is 0 Å². The van der Waals surface area contributed by atoms with Gasteiger partial charge in [0.15, 0.2) is 0 Å². The second-order valence-electron chi connectivity index (χ2n) is 5.91. The smallest absolute Gasteiger partial charge is 0.442 e. The van der Waals surface area contributed by atoms with Gasteiger partial charge in [0, 0.05) is 11.3 Å². The van der Waals surface area contributed by atoms with Crippen LogP contribution >= 0.6 is 0 Å². The van der Waals surface area contributed by atoms with E-state index in [9.17, 15) is 27.6 Å². The van der Waals surface area contributed by atoms with Gasteiger partial charge in [-0.1, -0.05) is 30.3 Å². The van der Waals surface area contributed by atoms with Gasteiger partial charge in [-0.05, 0) is 31.2 Å². The lowest BCUT2D eigenvalue weighted by Gasteiger charge is -2.45. The van der Waals surface area contributed by atoms with Crippen molar-refractivity contribution in [3.8, 4) is 0 Å². The predicted octanol–water partition coefficient (Wildman–Crippen LogP) is 3.22. The Morgan fingerprint density at radius 2 is 1.68 bits per heavy atom. The van der Waals surface area contributed by atoms with Crippen LogP contribution < -0.4 is 5.32 Å². The van der Waals surface area contributed by atoms with Crippen LogP contribution in [-0.4, -0.2) is 41.1 Å². The molecule has 28 heavy (non-hydrogen) atoms. The minimum absolute atomic E-state index is 0.108. The van der Waals surface area contributed by atoms with E-state index in [0.29, 0.717) is 0 Å². The maximum atomic E-state index is 14.3. The number of hydrogen-bond donors (Lipinski definition) is 1. The van der Waals surface area contributed by atoms with Gasteiger partial charge in [0.05, 0.1) is 12.2 Å². The molecule has 0 radical (unpaired) electrons. The Hall–Kier alpha value is -3.36. The SMILES string of the molecule is CCOC(=O)C1(C(F)(F)F)Nc2ccccc2C(=O)N1C(=O)c1ccccc1. The summed E-state index contributed by atoms with van der Waals surface area (Å²) >= 11 is 0. The number of esters is 1. The van der Waals surface area contributed by atoms with Gasteiger partial charge in [-0.3, -0.25) is 9.59 Å². The van der Waals surface area contributed by atoms with Crippen molar-refractivity contribution in [3.63, 3.8) is 0 Å². The molecule has 0 bridgehead atoms. The molecule has 1 aliphatic heterocycles. The topological polar surface area (TPSA) is 75.7 Å². The lowest BCUT2D eigenvalue weighted by molar-refractivity contribution is -0.221. The minimum atomic E-state index is -5.35. The molecule has 0 aliphatic carbocycles. The number of imide groups is 1. The molecule has 1 aliphatic rings. The second kappa shape index (κ2) is 6.99. The lowest BCUT2D eigenvalue weighted by Crippen LogP contribution is -2.73. The van der Waals surface area contributed by atoms with Crippen molar-refractivity contribution >= 4 is 23.5 Å². The number of rotatable bonds is 3. The molecule has 0 aromatic heterocycles. The molecule has 0 saturated heterocycles. The van der Waals surface area contributed by atoms with Gasteiger partial charge in [0.1, 0.15) is 0 Å². The second-order valence-corrected chi connectivity index (χ2v) is 5.91. The molecule has 0 saturated carbocycles. The van der Waals surface area contributed by atoms with Crippen LogP contribution in [0.5, 0.6) is 0 Å². The van der Waals surface area contributed by atoms with Crippen molar-refractivity contribution in [1.82, 2.24) is 4.90 Å². The Bertz CT molecular complexity index is 930. The van der Waals surface area contributed by atoms with Crippen LogP contribution in [0.15, 0.2) is 54.6 Å². The number of fused-ring (bicyclic) bond motifs is 1. The number of amides is 2. The number of nitrogens with one attached hydrogen (secondary N) is 1. The van der Waals surface area contributed by atoms with Crippen LogP contribution in [0.25, 0.3) is 0 Å². The first-order valence-electron chi connectivity index (χ1n) is 8.29. The molecule has 1 heterocycles. The van der Waals surface area contributed by atoms with E-state index in [0.717, 1.165) is 0 Å². The minimum Gasteiger partial charge on any atom is -0.463 e. The van der Waals surface area contributed by atoms with E-state index in [-0.39, 0.29) is 28.3 Å². The molecule has 2 aromatic carbocycles. The van der Waals surface area contributed by atoms with E-state index < -0.39 is 29.6 Å². The number of alkyl halides is 3. The zero-order chi connectivity index (χ0) is 20.5. The fraction of sp³-hybridized carbons (Fsp3) is 0.211. The third-order valence-corrected chi connectivity index (χ3v) is 4.22. The number of ether oxygens (including phenoxy) is 1. The van der Waals surface area contributed by atoms with E-state index in [1.54, 1.807) is 6.07 Å². The fourth-order valence-electron chi connectivity index (χ4n) is 2.95. The summed E-state index contributed by atoms with van der Waals surface area (Å²) in [6.07, 6.45) is -5.35. The van der Waals surface area contributed by atoms with E-state index in [2.05, 4.69) is 10.1 Å². The number of nitrogens with zero attached hydrogens (tertiary/aromatic N) is 1. The van der Waals surface area contributed by atoms with Crippen molar-refractivity contribution in [2.24, 2.45) is 0 Å². The largest absolute Gasteiger partial charge is 0.463 e. The lowest BCUT2D eigenvalue weighted by atomic mass is 9.97. The van der Waals surface area contributed by atoms with Crippen LogP contribution in [0.4, 0.5) is 18.9 Å². The first-order valence-corrected chi connectivity index (χ1v) is 8.29. The summed E-state index contributed by atoms with van der Waals surface area (Å²) in [5, 5.41) is 2.05. The molecule has 1 atom stereocenters. The molecule has 1 N–H and O–H groups in total. The number of carbonyl (C=O) groups excluding carboxylic acids is 3. The van der Waals surface area contributed by atoms with Crippen molar-refractivity contribution in [1.29, 1.82) is 0 Å². The number of para-hydroxylation sites is 1. The summed E-state index contributed by atoms with van der Waals surface area (Å²) < 4.78 is 47.4. The maximum Gasteiger partial charge on any atom is 0.442 e. The molecule has 2 aromatic rings. The molecule has 3 rings (SSSR count). The van der Waals surface area contributed by atoms with Crippen molar-refractivity contribution in [2.75, 3.05) is 11.9 Å². The molecule has 9 heteroatoms. The third-order valence-electron chi connectivity index (χ3n) is 4.22. The van der Waals surface area contributed by atoms with Crippen molar-refractivity contribution in [2.45, 2.75) is 18.8 Å². The van der Waals surface area contributed by atoms with Gasteiger partial charge in [-0.15, -0.1) is 0 Å². The molecule has 2 amide bonds. The quantitative estimate of drug-likeness (QED) is 0.641. The predicted molar refractivity (Wildman–Crippen MR) is 92.4 cm³/mol. The summed E-state index contributed by atoms with van der Waals surface area (Å²) in [5.41, 5.74) is -4.28. The Kier molecular flexibility index (Phi) is 4.84. The normalized spacial score (nSPS) is 18.9. The fourth-order valence-corrected chi connectivity index (χ4v) is 2.95. The van der Waals surface area contributed by atoms with Gasteiger partial charge in [-0.2, -0.15) is 13.2 Å². The first-order chi connectivity index (χ1) is 13.2. The number of benzene rings is 2. The highest BCUT2D eigenvalue weighted by atomic mass is 19.4. The average Bonchev–Trinajstić information content (AvgIpc) is 2.67. The molecular formula is C19H15F3N2O4. The standard InChI is InChI=1S/C19H15F3N2O4/c1-2-28-17(27)18(19(20,21)22)23-14-11-7-6-10-13(14)16(26)24(18)15(25)12-8-4-3-5-9-12/h3-11,23H,2H2,1H3. The van der Waals surface area contributed by atoms with Crippen LogP contribution in [0.1, 0.15) is 27.6 Å². The summed E-state index contributed by atoms with van der Waals surface area (Å²) in [5.74, 6) is -4.33. The Morgan fingerprint density at radius 1 is 1.07 bits per heavy atom. The highest BCUT2D eigenvalue weighted by Gasteiger charge is 2.71. The van der Waals surface area contributed by atoms with Gasteiger partial charge >= 0.3 is 17.8 Å². The Balaban J connectivity index is 2.28. The van der Waals surface area contributed by atoms with E-state index in [1.807, 2.05) is 0 Å². The molecule has 0 spiro atoms. The van der Waals surface area contributed by atoms with Crippen molar-refractivity contribution < 1.29 is 32.3 Å². The van der Waals surface area contributed by atoms with Gasteiger partial charge in [-0.25, -0.2) is 9.69 Å². The average molecular weight is 392 g/mol. The molecule has 1 unspecified atom stereocenters. The van der Waals surface area contributed by atoms with Gasteiger partial charge in [0.25, 0.3) is 11.8 Å². The van der Waals surface area contributed by atoms with Crippen LogP contribution in [-0.2, 0) is 9.53 Å². The van der Waals surface area contributed by atoms with Crippen LogP contribution in [0, 0.1) is 0 Å². The number of anilines is 1. The maximum absolute atomic E-state index is 14.3. The zero-order valence-corrected chi connectivity index (χ0v) is 14.6. The van der Waals surface area contributed by atoms with Crippen LogP contribution in [0.2, 0.25) is 0 Å². The van der Waals surface area contributed by atoms with E-state index in [1.165, 1.54) is 55.5 Å². The summed E-state index contributed by atoms with van der Waals surface area (Å²) in [6.45, 7) is 0.950. The Morgan fingerprint density at radius 3 is 2.29 bits per heavy atom. The highest BCUT2D eigenvalue weighted by molar-refractivity contribution is 6.17. The Labute approximate surface area is 157 Å².